The predicted octanol–water partition coefficient (Wildman–Crippen LogP) is 2.48. The van der Waals surface area contributed by atoms with E-state index in [9.17, 15) is 9.59 Å². The molecule has 7 heteroatoms. The summed E-state index contributed by atoms with van der Waals surface area (Å²) in [6.45, 7) is 0.476. The molecule has 122 valence electrons. The standard InChI is InChI=1S/C15H21ClN2O3S/c1-21-14(19)13(8-10-22-2)18-15(20)17-9-7-11-3-5-12(16)6-4-11/h3-6,13H,7-10H2,1-2H3,(H2,17,18,20)/t13-/m0/s1. The zero-order valence-electron chi connectivity index (χ0n) is 12.7. The highest BCUT2D eigenvalue weighted by atomic mass is 35.5. The van der Waals surface area contributed by atoms with Crippen molar-refractivity contribution >= 4 is 35.4 Å². The third-order valence-electron chi connectivity index (χ3n) is 3.01. The first-order valence-corrected chi connectivity index (χ1v) is 8.69. The number of ether oxygens (including phenoxy) is 1. The number of carbonyl (C=O) groups excluding carboxylic acids is 2. The molecular weight excluding hydrogens is 324 g/mol. The van der Waals surface area contributed by atoms with Crippen molar-refractivity contribution in [2.45, 2.75) is 18.9 Å². The van der Waals surface area contributed by atoms with Crippen LogP contribution in [0.3, 0.4) is 0 Å². The van der Waals surface area contributed by atoms with Crippen LogP contribution < -0.4 is 10.6 Å². The molecule has 0 aromatic heterocycles. The Labute approximate surface area is 140 Å². The Morgan fingerprint density at radius 1 is 1.32 bits per heavy atom. The van der Waals surface area contributed by atoms with E-state index in [0.717, 1.165) is 11.3 Å². The summed E-state index contributed by atoms with van der Waals surface area (Å²) >= 11 is 7.42. The summed E-state index contributed by atoms with van der Waals surface area (Å²) in [4.78, 5) is 23.4. The number of thioether (sulfide) groups is 1. The molecule has 0 aliphatic rings. The summed E-state index contributed by atoms with van der Waals surface area (Å²) in [6, 6.07) is 6.47. The highest BCUT2D eigenvalue weighted by Crippen LogP contribution is 2.09. The van der Waals surface area contributed by atoms with E-state index in [1.807, 2.05) is 30.5 Å². The highest BCUT2D eigenvalue weighted by molar-refractivity contribution is 7.98. The van der Waals surface area contributed by atoms with Crippen LogP contribution in [0.5, 0.6) is 0 Å². The molecule has 0 saturated heterocycles. The molecule has 0 heterocycles. The number of rotatable bonds is 8. The fourth-order valence-corrected chi connectivity index (χ4v) is 2.41. The van der Waals surface area contributed by atoms with Gasteiger partial charge in [-0.25, -0.2) is 9.59 Å². The van der Waals surface area contributed by atoms with E-state index in [-0.39, 0.29) is 6.03 Å². The van der Waals surface area contributed by atoms with E-state index in [0.29, 0.717) is 24.4 Å². The SMILES string of the molecule is COC(=O)[C@H](CCSC)NC(=O)NCCc1ccc(Cl)cc1. The quantitative estimate of drug-likeness (QED) is 0.711. The number of benzene rings is 1. The van der Waals surface area contributed by atoms with Gasteiger partial charge in [0.25, 0.3) is 0 Å². The fraction of sp³-hybridized carbons (Fsp3) is 0.467. The number of amides is 2. The van der Waals surface area contributed by atoms with Crippen molar-refractivity contribution in [2.24, 2.45) is 0 Å². The number of carbonyl (C=O) groups is 2. The maximum absolute atomic E-state index is 11.8. The maximum Gasteiger partial charge on any atom is 0.328 e. The Morgan fingerprint density at radius 2 is 2.00 bits per heavy atom. The average Bonchev–Trinajstić information content (AvgIpc) is 2.52. The number of urea groups is 1. The minimum absolute atomic E-state index is 0.370. The molecule has 1 aromatic carbocycles. The molecule has 0 aliphatic carbocycles. The summed E-state index contributed by atoms with van der Waals surface area (Å²) in [5.74, 6) is 0.340. The van der Waals surface area contributed by atoms with Crippen LogP contribution >= 0.6 is 23.4 Å². The van der Waals surface area contributed by atoms with Crippen LogP contribution in [-0.4, -0.2) is 43.7 Å². The summed E-state index contributed by atoms with van der Waals surface area (Å²) in [6.07, 6.45) is 3.18. The van der Waals surface area contributed by atoms with Gasteiger partial charge < -0.3 is 15.4 Å². The van der Waals surface area contributed by atoms with Gasteiger partial charge in [-0.2, -0.15) is 11.8 Å². The maximum atomic E-state index is 11.8. The van der Waals surface area contributed by atoms with Crippen LogP contribution in [0.25, 0.3) is 0 Å². The van der Waals surface area contributed by atoms with Crippen LogP contribution in [0.2, 0.25) is 5.02 Å². The second-order valence-electron chi connectivity index (χ2n) is 4.63. The monoisotopic (exact) mass is 344 g/mol. The summed E-state index contributed by atoms with van der Waals surface area (Å²) in [7, 11) is 1.31. The van der Waals surface area contributed by atoms with E-state index in [1.165, 1.54) is 7.11 Å². The van der Waals surface area contributed by atoms with Crippen molar-refractivity contribution in [1.82, 2.24) is 10.6 Å². The third-order valence-corrected chi connectivity index (χ3v) is 3.91. The lowest BCUT2D eigenvalue weighted by Gasteiger charge is -2.16. The van der Waals surface area contributed by atoms with Crippen molar-refractivity contribution in [2.75, 3.05) is 25.7 Å². The molecule has 0 saturated carbocycles. The average molecular weight is 345 g/mol. The number of esters is 1. The zero-order chi connectivity index (χ0) is 16.4. The van der Waals surface area contributed by atoms with Gasteiger partial charge in [-0.1, -0.05) is 23.7 Å². The van der Waals surface area contributed by atoms with Crippen molar-refractivity contribution in [1.29, 1.82) is 0 Å². The zero-order valence-corrected chi connectivity index (χ0v) is 14.3. The molecule has 0 aliphatic heterocycles. The lowest BCUT2D eigenvalue weighted by molar-refractivity contribution is -0.142. The van der Waals surface area contributed by atoms with E-state index in [2.05, 4.69) is 10.6 Å². The van der Waals surface area contributed by atoms with Gasteiger partial charge in [-0.3, -0.25) is 0 Å². The number of hydrogen-bond donors (Lipinski definition) is 2. The number of hydrogen-bond acceptors (Lipinski definition) is 4. The minimum atomic E-state index is -0.618. The molecule has 0 unspecified atom stereocenters. The molecule has 0 spiro atoms. The van der Waals surface area contributed by atoms with E-state index in [4.69, 9.17) is 16.3 Å². The first-order chi connectivity index (χ1) is 10.6. The molecule has 2 amide bonds. The number of halogens is 1. The minimum Gasteiger partial charge on any atom is -0.467 e. The number of methoxy groups -OCH3 is 1. The van der Waals surface area contributed by atoms with Crippen LogP contribution in [0.1, 0.15) is 12.0 Å². The molecule has 1 atom stereocenters. The van der Waals surface area contributed by atoms with Gasteiger partial charge in [0.2, 0.25) is 0 Å². The van der Waals surface area contributed by atoms with Crippen LogP contribution in [0.4, 0.5) is 4.79 Å². The molecule has 2 N–H and O–H groups in total. The smallest absolute Gasteiger partial charge is 0.328 e. The Hall–Kier alpha value is -1.40. The molecule has 1 aromatic rings. The van der Waals surface area contributed by atoms with E-state index < -0.39 is 12.0 Å². The molecule has 0 radical (unpaired) electrons. The van der Waals surface area contributed by atoms with E-state index in [1.54, 1.807) is 11.8 Å². The Bertz CT molecular complexity index is 482. The third kappa shape index (κ3) is 7.04. The van der Waals surface area contributed by atoms with Crippen LogP contribution in [0.15, 0.2) is 24.3 Å². The van der Waals surface area contributed by atoms with Gasteiger partial charge in [-0.15, -0.1) is 0 Å². The topological polar surface area (TPSA) is 67.4 Å². The summed E-state index contributed by atoms with van der Waals surface area (Å²) in [5.41, 5.74) is 1.08. The molecule has 22 heavy (non-hydrogen) atoms. The number of nitrogens with one attached hydrogen (secondary N) is 2. The first kappa shape index (κ1) is 18.6. The Kier molecular flexibility index (Phi) is 8.77. The molecule has 5 nitrogen and oxygen atoms in total. The predicted molar refractivity (Wildman–Crippen MR) is 90.5 cm³/mol. The second-order valence-corrected chi connectivity index (χ2v) is 6.06. The lowest BCUT2D eigenvalue weighted by Crippen LogP contribution is -2.47. The van der Waals surface area contributed by atoms with Crippen LogP contribution in [-0.2, 0) is 16.0 Å². The normalized spacial score (nSPS) is 11.6. The molecule has 0 fully saturated rings. The summed E-state index contributed by atoms with van der Waals surface area (Å²) < 4.78 is 4.69. The summed E-state index contributed by atoms with van der Waals surface area (Å²) in [5, 5.41) is 6.06. The van der Waals surface area contributed by atoms with Crippen LogP contribution in [0, 0.1) is 0 Å². The van der Waals surface area contributed by atoms with Gasteiger partial charge in [-0.05, 0) is 42.5 Å². The molecule has 1 rings (SSSR count). The Balaban J connectivity index is 2.36. The largest absolute Gasteiger partial charge is 0.467 e. The van der Waals surface area contributed by atoms with Crippen molar-refractivity contribution < 1.29 is 14.3 Å². The van der Waals surface area contributed by atoms with Gasteiger partial charge in [0.1, 0.15) is 6.04 Å². The second kappa shape index (κ2) is 10.3. The van der Waals surface area contributed by atoms with Crippen molar-refractivity contribution in [3.8, 4) is 0 Å². The molecule has 0 bridgehead atoms. The highest BCUT2D eigenvalue weighted by Gasteiger charge is 2.20. The lowest BCUT2D eigenvalue weighted by atomic mass is 10.1. The Morgan fingerprint density at radius 3 is 2.59 bits per heavy atom. The van der Waals surface area contributed by atoms with E-state index >= 15 is 0 Å². The first-order valence-electron chi connectivity index (χ1n) is 6.92. The van der Waals surface area contributed by atoms with Gasteiger partial charge in [0, 0.05) is 11.6 Å². The fourth-order valence-electron chi connectivity index (χ4n) is 1.81. The van der Waals surface area contributed by atoms with Gasteiger partial charge in [0.15, 0.2) is 0 Å². The van der Waals surface area contributed by atoms with Gasteiger partial charge in [0.05, 0.1) is 7.11 Å². The van der Waals surface area contributed by atoms with Gasteiger partial charge >= 0.3 is 12.0 Å². The van der Waals surface area contributed by atoms with Crippen molar-refractivity contribution in [3.05, 3.63) is 34.9 Å². The molecular formula is C15H21ClN2O3S. The van der Waals surface area contributed by atoms with Crippen molar-refractivity contribution in [3.63, 3.8) is 0 Å².